The van der Waals surface area contributed by atoms with Gasteiger partial charge in [0.05, 0.1) is 0 Å². The van der Waals surface area contributed by atoms with Crippen LogP contribution in [0.5, 0.6) is 0 Å². The van der Waals surface area contributed by atoms with Gasteiger partial charge in [0.2, 0.25) is 0 Å². The number of nitrogens with one attached hydrogen (secondary N) is 2. The Morgan fingerprint density at radius 3 is 2.55 bits per heavy atom. The third-order valence-electron chi connectivity index (χ3n) is 0.971. The molecule has 60 valence electrons. The Kier molecular flexibility index (Phi) is 1.63. The second kappa shape index (κ2) is 2.45. The molecule has 0 radical (unpaired) electrons. The van der Waals surface area contributed by atoms with Crippen molar-refractivity contribution in [2.24, 2.45) is 5.73 Å². The van der Waals surface area contributed by atoms with Crippen LogP contribution in [0.3, 0.4) is 0 Å². The quantitative estimate of drug-likeness (QED) is 0.394. The zero-order valence-electron chi connectivity index (χ0n) is 5.29. The van der Waals surface area contributed by atoms with E-state index in [9.17, 15) is 14.4 Å². The molecule has 4 N–H and O–H groups in total. The summed E-state index contributed by atoms with van der Waals surface area (Å²) in [7, 11) is 0. The number of hydrogen-bond acceptors (Lipinski definition) is 4. The number of carbonyl (C=O) groups is 3. The molecule has 0 bridgehead atoms. The number of hydrogen-bond donors (Lipinski definition) is 3. The molecular formula is C4H5N3O4. The molecule has 0 spiro atoms. The van der Waals surface area contributed by atoms with Crippen molar-refractivity contribution in [1.82, 2.24) is 10.6 Å². The van der Waals surface area contributed by atoms with Crippen LogP contribution in [0.15, 0.2) is 0 Å². The molecule has 0 aromatic heterocycles. The van der Waals surface area contributed by atoms with Gasteiger partial charge in [0, 0.05) is 0 Å². The first kappa shape index (κ1) is 7.32. The topological polar surface area (TPSA) is 111 Å². The molecule has 1 fully saturated rings. The molecule has 1 atom stereocenters. The summed E-state index contributed by atoms with van der Waals surface area (Å²) in [6.45, 7) is 0. The van der Waals surface area contributed by atoms with Crippen LogP contribution < -0.4 is 16.4 Å². The summed E-state index contributed by atoms with van der Waals surface area (Å²) in [5.41, 5.74) is 4.59. The monoisotopic (exact) mass is 159 g/mol. The largest absolute Gasteiger partial charge is 0.416 e. The molecule has 1 saturated heterocycles. The second-order valence-corrected chi connectivity index (χ2v) is 1.78. The number of amides is 4. The summed E-state index contributed by atoms with van der Waals surface area (Å²) in [5.74, 6) is -0.728. The van der Waals surface area contributed by atoms with E-state index in [4.69, 9.17) is 0 Å². The highest BCUT2D eigenvalue weighted by molar-refractivity contribution is 6.03. The van der Waals surface area contributed by atoms with Crippen LogP contribution in [0, 0.1) is 0 Å². The van der Waals surface area contributed by atoms with Gasteiger partial charge in [0.15, 0.2) is 0 Å². The molecule has 1 aliphatic heterocycles. The SMILES string of the molecule is NC(=O)OC1NC(=O)NC1=O. The minimum atomic E-state index is -1.29. The van der Waals surface area contributed by atoms with Crippen molar-refractivity contribution in [3.05, 3.63) is 0 Å². The molecule has 7 nitrogen and oxygen atoms in total. The number of imide groups is 1. The lowest BCUT2D eigenvalue weighted by molar-refractivity contribution is -0.126. The molecule has 4 amide bonds. The van der Waals surface area contributed by atoms with Gasteiger partial charge in [-0.25, -0.2) is 9.59 Å². The first-order valence-corrected chi connectivity index (χ1v) is 2.67. The smallest absolute Gasteiger partial charge is 0.406 e. The van der Waals surface area contributed by atoms with E-state index in [1.807, 2.05) is 10.6 Å². The van der Waals surface area contributed by atoms with E-state index >= 15 is 0 Å². The van der Waals surface area contributed by atoms with E-state index < -0.39 is 24.3 Å². The summed E-state index contributed by atoms with van der Waals surface area (Å²) in [6, 6.07) is -0.707. The van der Waals surface area contributed by atoms with E-state index in [-0.39, 0.29) is 0 Å². The van der Waals surface area contributed by atoms with Crippen LogP contribution in [0.1, 0.15) is 0 Å². The molecule has 0 aromatic rings. The summed E-state index contributed by atoms with van der Waals surface area (Å²) >= 11 is 0. The van der Waals surface area contributed by atoms with Crippen LogP contribution in [0.2, 0.25) is 0 Å². The molecule has 0 saturated carbocycles. The normalized spacial score (nSPS) is 22.4. The molecule has 1 rings (SSSR count). The second-order valence-electron chi connectivity index (χ2n) is 1.78. The molecule has 7 heteroatoms. The van der Waals surface area contributed by atoms with E-state index in [1.165, 1.54) is 0 Å². The van der Waals surface area contributed by atoms with E-state index in [0.29, 0.717) is 0 Å². The van der Waals surface area contributed by atoms with Gasteiger partial charge in [-0.3, -0.25) is 15.4 Å². The zero-order chi connectivity index (χ0) is 8.43. The van der Waals surface area contributed by atoms with Crippen molar-refractivity contribution >= 4 is 18.0 Å². The van der Waals surface area contributed by atoms with Gasteiger partial charge >= 0.3 is 12.1 Å². The lowest BCUT2D eigenvalue weighted by atomic mass is 10.6. The van der Waals surface area contributed by atoms with Gasteiger partial charge in [0.1, 0.15) is 0 Å². The van der Waals surface area contributed by atoms with Crippen molar-refractivity contribution in [2.75, 3.05) is 0 Å². The molecule has 0 aliphatic carbocycles. The number of primary amides is 1. The predicted octanol–water partition coefficient (Wildman–Crippen LogP) is -1.75. The lowest BCUT2D eigenvalue weighted by Gasteiger charge is -2.04. The standard InChI is InChI=1S/C4H5N3O4/c5-3(9)11-2-1(8)6-4(10)7-2/h2H,(H2,5,9)(H2,6,7,8,10). The maximum absolute atomic E-state index is 10.6. The van der Waals surface area contributed by atoms with Gasteiger partial charge in [0.25, 0.3) is 12.1 Å². The van der Waals surface area contributed by atoms with Gasteiger partial charge in [-0.2, -0.15) is 0 Å². The van der Waals surface area contributed by atoms with Crippen molar-refractivity contribution in [1.29, 1.82) is 0 Å². The fraction of sp³-hybridized carbons (Fsp3) is 0.250. The summed E-state index contributed by atoms with van der Waals surface area (Å²) in [4.78, 5) is 31.0. The third-order valence-corrected chi connectivity index (χ3v) is 0.971. The highest BCUT2D eigenvalue weighted by Crippen LogP contribution is 1.93. The third kappa shape index (κ3) is 1.57. The van der Waals surface area contributed by atoms with Gasteiger partial charge in [-0.1, -0.05) is 0 Å². The van der Waals surface area contributed by atoms with E-state index in [1.54, 1.807) is 0 Å². The Morgan fingerprint density at radius 2 is 2.18 bits per heavy atom. The van der Waals surface area contributed by atoms with Crippen molar-refractivity contribution in [3.8, 4) is 0 Å². The maximum atomic E-state index is 10.6. The summed E-state index contributed by atoms with van der Waals surface area (Å²) in [5, 5.41) is 3.86. The summed E-state index contributed by atoms with van der Waals surface area (Å²) < 4.78 is 4.19. The first-order valence-electron chi connectivity index (χ1n) is 2.67. The molecule has 1 unspecified atom stereocenters. The lowest BCUT2D eigenvalue weighted by Crippen LogP contribution is -2.36. The highest BCUT2D eigenvalue weighted by Gasteiger charge is 2.31. The zero-order valence-corrected chi connectivity index (χ0v) is 5.29. The first-order chi connectivity index (χ1) is 5.09. The average Bonchev–Trinajstić information content (AvgIpc) is 2.09. The van der Waals surface area contributed by atoms with Crippen molar-refractivity contribution < 1.29 is 19.1 Å². The van der Waals surface area contributed by atoms with Crippen molar-refractivity contribution in [2.45, 2.75) is 6.23 Å². The minimum absolute atomic E-state index is 0.707. The number of ether oxygens (including phenoxy) is 1. The van der Waals surface area contributed by atoms with Gasteiger partial charge < -0.3 is 10.5 Å². The Balaban J connectivity index is 2.53. The fourth-order valence-electron chi connectivity index (χ4n) is 0.597. The number of carbonyl (C=O) groups excluding carboxylic acids is 3. The Labute approximate surface area is 60.9 Å². The molecule has 1 heterocycles. The van der Waals surface area contributed by atoms with Crippen LogP contribution >= 0.6 is 0 Å². The molecular weight excluding hydrogens is 154 g/mol. The van der Waals surface area contributed by atoms with Crippen LogP contribution in [-0.2, 0) is 9.53 Å². The fourth-order valence-corrected chi connectivity index (χ4v) is 0.597. The Hall–Kier alpha value is -1.79. The summed E-state index contributed by atoms with van der Waals surface area (Å²) in [6.07, 6.45) is -2.41. The van der Waals surface area contributed by atoms with Crippen LogP contribution in [-0.4, -0.2) is 24.3 Å². The van der Waals surface area contributed by atoms with Crippen LogP contribution in [0.4, 0.5) is 9.59 Å². The highest BCUT2D eigenvalue weighted by atomic mass is 16.6. The van der Waals surface area contributed by atoms with Gasteiger partial charge in [-0.15, -0.1) is 0 Å². The molecule has 11 heavy (non-hydrogen) atoms. The number of urea groups is 1. The van der Waals surface area contributed by atoms with E-state index in [0.717, 1.165) is 0 Å². The van der Waals surface area contributed by atoms with Crippen LogP contribution in [0.25, 0.3) is 0 Å². The van der Waals surface area contributed by atoms with Crippen molar-refractivity contribution in [3.63, 3.8) is 0 Å². The average molecular weight is 159 g/mol. The number of nitrogens with two attached hydrogens (primary N) is 1. The van der Waals surface area contributed by atoms with E-state index in [2.05, 4.69) is 10.5 Å². The Bertz CT molecular complexity index is 225. The minimum Gasteiger partial charge on any atom is -0.416 e. The maximum Gasteiger partial charge on any atom is 0.406 e. The molecule has 1 aliphatic rings. The number of rotatable bonds is 1. The molecule has 0 aromatic carbocycles. The van der Waals surface area contributed by atoms with Gasteiger partial charge in [-0.05, 0) is 0 Å². The Morgan fingerprint density at radius 1 is 1.55 bits per heavy atom. The predicted molar refractivity (Wildman–Crippen MR) is 31.1 cm³/mol.